The number of carbonyl (C=O) groups excluding carboxylic acids is 1. The topological polar surface area (TPSA) is 80.9 Å². The summed E-state index contributed by atoms with van der Waals surface area (Å²) in [6.07, 6.45) is 1.79. The Balaban J connectivity index is 1.94. The number of fused-ring (bicyclic) bond motifs is 1. The van der Waals surface area contributed by atoms with Gasteiger partial charge in [-0.25, -0.2) is 9.79 Å². The lowest BCUT2D eigenvalue weighted by atomic mass is 10.0. The van der Waals surface area contributed by atoms with Gasteiger partial charge in [0.05, 0.1) is 29.5 Å². The quantitative estimate of drug-likeness (QED) is 0.337. The lowest BCUT2D eigenvalue weighted by molar-refractivity contribution is -0.139. The molecule has 4 rings (SSSR count). The highest BCUT2D eigenvalue weighted by molar-refractivity contribution is 14.1. The van der Waals surface area contributed by atoms with E-state index in [1.165, 1.54) is 22.7 Å². The fourth-order valence-corrected chi connectivity index (χ4v) is 7.01. The molecule has 6 nitrogen and oxygen atoms in total. The number of rotatable bonds is 4. The summed E-state index contributed by atoms with van der Waals surface area (Å²) in [5, 5.41) is 11.9. The first-order chi connectivity index (χ1) is 14.8. The fourth-order valence-electron chi connectivity index (χ4n) is 3.33. The maximum Gasteiger partial charge on any atom is 0.338 e. The lowest BCUT2D eigenvalue weighted by Crippen LogP contribution is -2.39. The highest BCUT2D eigenvalue weighted by atomic mass is 127. The van der Waals surface area contributed by atoms with Crippen LogP contribution in [-0.4, -0.2) is 22.2 Å². The maximum atomic E-state index is 13.5. The van der Waals surface area contributed by atoms with Crippen molar-refractivity contribution in [1.82, 2.24) is 4.57 Å². The molecule has 0 fully saturated rings. The van der Waals surface area contributed by atoms with Gasteiger partial charge in [-0.1, -0.05) is 17.4 Å². The smallest absolute Gasteiger partial charge is 0.338 e. The molecule has 160 valence electrons. The lowest BCUT2D eigenvalue weighted by Gasteiger charge is -2.23. The number of thiazole rings is 1. The molecule has 0 unspecified atom stereocenters. The van der Waals surface area contributed by atoms with Gasteiger partial charge in [0.25, 0.3) is 5.56 Å². The van der Waals surface area contributed by atoms with Gasteiger partial charge >= 0.3 is 5.97 Å². The van der Waals surface area contributed by atoms with Crippen LogP contribution in [0.4, 0.5) is 0 Å². The van der Waals surface area contributed by atoms with E-state index in [0.29, 0.717) is 27.7 Å². The van der Waals surface area contributed by atoms with Crippen molar-refractivity contribution < 1.29 is 14.6 Å². The van der Waals surface area contributed by atoms with Crippen LogP contribution in [0.15, 0.2) is 50.7 Å². The Morgan fingerprint density at radius 2 is 2.06 bits per heavy atom. The van der Waals surface area contributed by atoms with Crippen LogP contribution >= 0.6 is 67.9 Å². The zero-order chi connectivity index (χ0) is 22.3. The van der Waals surface area contributed by atoms with Gasteiger partial charge in [0, 0.05) is 4.88 Å². The van der Waals surface area contributed by atoms with Crippen LogP contribution in [-0.2, 0) is 9.53 Å². The molecule has 10 heteroatoms. The predicted molar refractivity (Wildman–Crippen MR) is 138 cm³/mol. The minimum atomic E-state index is -0.572. The molecule has 0 spiro atoms. The van der Waals surface area contributed by atoms with E-state index in [4.69, 9.17) is 4.74 Å². The van der Waals surface area contributed by atoms with E-state index in [-0.39, 0.29) is 17.9 Å². The van der Waals surface area contributed by atoms with Gasteiger partial charge in [0.15, 0.2) is 4.80 Å². The maximum absolute atomic E-state index is 13.5. The Morgan fingerprint density at radius 3 is 2.68 bits per heavy atom. The molecular formula is C21H16I2N2O4S2. The van der Waals surface area contributed by atoms with E-state index in [0.717, 1.165) is 10.4 Å². The van der Waals surface area contributed by atoms with Gasteiger partial charge in [0.2, 0.25) is 0 Å². The normalized spacial score (nSPS) is 16.3. The second-order valence-electron chi connectivity index (χ2n) is 6.65. The Morgan fingerprint density at radius 1 is 1.35 bits per heavy atom. The molecule has 0 radical (unpaired) electrons. The molecule has 0 saturated heterocycles. The second-order valence-corrected chi connectivity index (χ2v) is 11.0. The number of esters is 1. The second kappa shape index (κ2) is 9.16. The van der Waals surface area contributed by atoms with Gasteiger partial charge in [-0.05, 0) is 94.2 Å². The molecule has 0 saturated carbocycles. The van der Waals surface area contributed by atoms with Crippen molar-refractivity contribution >= 4 is 79.9 Å². The van der Waals surface area contributed by atoms with Gasteiger partial charge in [0.1, 0.15) is 11.8 Å². The van der Waals surface area contributed by atoms with E-state index >= 15 is 0 Å². The number of phenolic OH excluding ortho intramolecular Hbond substituents is 1. The molecule has 3 heterocycles. The number of carbonyl (C=O) groups is 1. The summed E-state index contributed by atoms with van der Waals surface area (Å²) in [4.78, 5) is 32.2. The van der Waals surface area contributed by atoms with Crippen LogP contribution in [0.3, 0.4) is 0 Å². The van der Waals surface area contributed by atoms with Crippen LogP contribution in [0, 0.1) is 7.14 Å². The van der Waals surface area contributed by atoms with Crippen molar-refractivity contribution in [3.8, 4) is 5.75 Å². The van der Waals surface area contributed by atoms with Crippen LogP contribution in [0.2, 0.25) is 0 Å². The van der Waals surface area contributed by atoms with Gasteiger partial charge in [-0.2, -0.15) is 0 Å². The molecule has 3 aromatic rings. The van der Waals surface area contributed by atoms with E-state index < -0.39 is 12.0 Å². The van der Waals surface area contributed by atoms with Gasteiger partial charge in [-0.3, -0.25) is 9.36 Å². The van der Waals surface area contributed by atoms with E-state index in [9.17, 15) is 14.7 Å². The molecule has 1 atom stereocenters. The number of allylic oxidation sites excluding steroid dienone is 1. The molecule has 0 bridgehead atoms. The molecule has 0 aliphatic carbocycles. The number of aromatic nitrogens is 1. The first kappa shape index (κ1) is 22.7. The van der Waals surface area contributed by atoms with Crippen molar-refractivity contribution in [1.29, 1.82) is 0 Å². The fraction of sp³-hybridized carbons (Fsp3) is 0.190. The largest absolute Gasteiger partial charge is 0.506 e. The SMILES string of the molecule is CCOC(=O)C1=C(C)N=c2sc(=Cc3cc(I)c(O)c(I)c3)c(=O)n2[C@H]1c1cccs1. The molecule has 1 aromatic carbocycles. The summed E-state index contributed by atoms with van der Waals surface area (Å²) in [5.74, 6) is -0.230. The molecule has 1 aliphatic heterocycles. The summed E-state index contributed by atoms with van der Waals surface area (Å²) in [6, 6.07) is 6.88. The summed E-state index contributed by atoms with van der Waals surface area (Å²) >= 11 is 6.90. The number of aromatic hydroxyl groups is 1. The highest BCUT2D eigenvalue weighted by Gasteiger charge is 2.33. The Kier molecular flexibility index (Phi) is 6.70. The van der Waals surface area contributed by atoms with Crippen molar-refractivity contribution in [2.45, 2.75) is 19.9 Å². The minimum Gasteiger partial charge on any atom is -0.506 e. The van der Waals surface area contributed by atoms with Crippen molar-refractivity contribution in [2.75, 3.05) is 6.61 Å². The Labute approximate surface area is 212 Å². The molecule has 1 aliphatic rings. The third kappa shape index (κ3) is 4.26. The number of nitrogens with zero attached hydrogens (tertiary/aromatic N) is 2. The molecule has 31 heavy (non-hydrogen) atoms. The van der Waals surface area contributed by atoms with Crippen molar-refractivity contribution in [3.63, 3.8) is 0 Å². The number of ether oxygens (including phenoxy) is 1. The van der Waals surface area contributed by atoms with Crippen molar-refractivity contribution in [2.24, 2.45) is 4.99 Å². The number of phenols is 1. The molecule has 2 aromatic heterocycles. The number of halogens is 2. The monoisotopic (exact) mass is 678 g/mol. The standard InChI is InChI=1S/C21H16I2N2O4S2/c1-3-29-20(28)16-10(2)24-21-25(17(16)14-5-4-6-30-14)19(27)15(31-21)9-11-7-12(22)18(26)13(23)8-11/h4-9,17,26H,3H2,1-2H3/t17-/m0/s1. The number of benzene rings is 1. The van der Waals surface area contributed by atoms with E-state index in [1.807, 2.05) is 29.6 Å². The first-order valence-corrected chi connectivity index (χ1v) is 13.1. The number of hydrogen-bond acceptors (Lipinski definition) is 7. The molecular weight excluding hydrogens is 662 g/mol. The summed E-state index contributed by atoms with van der Waals surface area (Å²) in [6.45, 7) is 3.77. The first-order valence-electron chi connectivity index (χ1n) is 9.23. The van der Waals surface area contributed by atoms with Gasteiger partial charge in [-0.15, -0.1) is 11.3 Å². The molecule has 0 amide bonds. The third-order valence-electron chi connectivity index (χ3n) is 4.67. The predicted octanol–water partition coefficient (Wildman–Crippen LogP) is 3.77. The average Bonchev–Trinajstić information content (AvgIpc) is 3.34. The minimum absolute atomic E-state index is 0.213. The summed E-state index contributed by atoms with van der Waals surface area (Å²) < 4.78 is 8.79. The average molecular weight is 678 g/mol. The van der Waals surface area contributed by atoms with Crippen LogP contribution in [0.25, 0.3) is 6.08 Å². The number of hydrogen-bond donors (Lipinski definition) is 1. The molecule has 1 N–H and O–H groups in total. The van der Waals surface area contributed by atoms with Gasteiger partial charge < -0.3 is 9.84 Å². The van der Waals surface area contributed by atoms with Crippen LogP contribution in [0.5, 0.6) is 5.75 Å². The Hall–Kier alpha value is -1.51. The summed E-state index contributed by atoms with van der Waals surface area (Å²) in [5.41, 5.74) is 1.54. The summed E-state index contributed by atoms with van der Waals surface area (Å²) in [7, 11) is 0. The zero-order valence-corrected chi connectivity index (χ0v) is 22.3. The van der Waals surface area contributed by atoms with E-state index in [1.54, 1.807) is 24.5 Å². The third-order valence-corrected chi connectivity index (χ3v) is 8.22. The number of thiophene rings is 1. The van der Waals surface area contributed by atoms with Crippen molar-refractivity contribution in [3.05, 3.63) is 78.2 Å². The Bertz CT molecular complexity index is 1360. The van der Waals surface area contributed by atoms with E-state index in [2.05, 4.69) is 50.2 Å². The van der Waals surface area contributed by atoms with Crippen LogP contribution in [0.1, 0.15) is 30.3 Å². The zero-order valence-electron chi connectivity index (χ0n) is 16.4. The van der Waals surface area contributed by atoms with Crippen LogP contribution < -0.4 is 14.9 Å². The highest BCUT2D eigenvalue weighted by Crippen LogP contribution is 2.33.